The molecule has 8 heteroatoms. The summed E-state index contributed by atoms with van der Waals surface area (Å²) in [6.07, 6.45) is 0.978. The van der Waals surface area contributed by atoms with E-state index < -0.39 is 0 Å². The van der Waals surface area contributed by atoms with Gasteiger partial charge >= 0.3 is 0 Å². The van der Waals surface area contributed by atoms with Crippen LogP contribution in [0.3, 0.4) is 0 Å². The summed E-state index contributed by atoms with van der Waals surface area (Å²) in [4.78, 5) is 16.9. The normalized spacial score (nSPS) is 10.4. The molecule has 2 rings (SSSR count). The molecule has 0 spiro atoms. The van der Waals surface area contributed by atoms with Gasteiger partial charge in [0.25, 0.3) is 5.91 Å². The first kappa shape index (κ1) is 16.3. The predicted octanol–water partition coefficient (Wildman–Crippen LogP) is 4.32. The Morgan fingerprint density at radius 3 is 2.90 bits per heavy atom. The second-order valence-corrected chi connectivity index (χ2v) is 7.01. The third-order valence-corrected chi connectivity index (χ3v) is 4.77. The van der Waals surface area contributed by atoms with Crippen molar-refractivity contribution in [3.8, 4) is 0 Å². The summed E-state index contributed by atoms with van der Waals surface area (Å²) in [6.45, 7) is 2.85. The lowest BCUT2D eigenvalue weighted by atomic mass is 10.3. The highest BCUT2D eigenvalue weighted by Gasteiger charge is 2.17. The van der Waals surface area contributed by atoms with Gasteiger partial charge in [-0.3, -0.25) is 4.79 Å². The molecular weight excluding hydrogens is 420 g/mol. The Balaban J connectivity index is 2.16. The zero-order valence-electron chi connectivity index (χ0n) is 11.2. The van der Waals surface area contributed by atoms with Crippen LogP contribution in [0.2, 0.25) is 0 Å². The fourth-order valence-electron chi connectivity index (χ4n) is 1.57. The zero-order chi connectivity index (χ0) is 15.4. The SMILES string of the molecule is CCCNc1nc(N)c(C(=O)Nc2cc(Br)ccc2Br)s1. The smallest absolute Gasteiger partial charge is 0.269 e. The van der Waals surface area contributed by atoms with E-state index in [9.17, 15) is 4.79 Å². The second-order valence-electron chi connectivity index (χ2n) is 4.24. The molecule has 4 N–H and O–H groups in total. The number of nitrogens with zero attached hydrogens (tertiary/aromatic N) is 1. The van der Waals surface area contributed by atoms with E-state index in [2.05, 4.69) is 54.4 Å². The molecule has 1 heterocycles. The van der Waals surface area contributed by atoms with Crippen LogP contribution in [-0.2, 0) is 0 Å². The number of carbonyl (C=O) groups is 1. The van der Waals surface area contributed by atoms with E-state index >= 15 is 0 Å². The van der Waals surface area contributed by atoms with Crippen molar-refractivity contribution < 1.29 is 4.79 Å². The van der Waals surface area contributed by atoms with E-state index in [1.54, 1.807) is 0 Å². The molecule has 112 valence electrons. The van der Waals surface area contributed by atoms with E-state index in [4.69, 9.17) is 5.73 Å². The van der Waals surface area contributed by atoms with Crippen molar-refractivity contribution in [3.63, 3.8) is 0 Å². The average molecular weight is 434 g/mol. The fourth-order valence-corrected chi connectivity index (χ4v) is 3.09. The largest absolute Gasteiger partial charge is 0.382 e. The molecule has 0 radical (unpaired) electrons. The van der Waals surface area contributed by atoms with Gasteiger partial charge < -0.3 is 16.4 Å². The van der Waals surface area contributed by atoms with Crippen molar-refractivity contribution in [2.24, 2.45) is 0 Å². The number of rotatable bonds is 5. The number of amides is 1. The van der Waals surface area contributed by atoms with Gasteiger partial charge in [0, 0.05) is 15.5 Å². The fraction of sp³-hybridized carbons (Fsp3) is 0.231. The van der Waals surface area contributed by atoms with E-state index in [1.807, 2.05) is 18.2 Å². The van der Waals surface area contributed by atoms with Crippen LogP contribution in [0.15, 0.2) is 27.1 Å². The van der Waals surface area contributed by atoms with Crippen LogP contribution in [0.4, 0.5) is 16.6 Å². The topological polar surface area (TPSA) is 80.0 Å². The molecule has 0 aliphatic carbocycles. The number of hydrogen-bond donors (Lipinski definition) is 3. The summed E-state index contributed by atoms with van der Waals surface area (Å²) in [6, 6.07) is 5.55. The van der Waals surface area contributed by atoms with E-state index in [-0.39, 0.29) is 11.7 Å². The first-order chi connectivity index (χ1) is 10.0. The number of nitrogens with two attached hydrogens (primary N) is 1. The van der Waals surface area contributed by atoms with Crippen molar-refractivity contribution in [1.29, 1.82) is 0 Å². The first-order valence-electron chi connectivity index (χ1n) is 6.27. The molecule has 1 amide bonds. The number of benzene rings is 1. The van der Waals surface area contributed by atoms with Crippen LogP contribution < -0.4 is 16.4 Å². The molecular formula is C13H14Br2N4OS. The monoisotopic (exact) mass is 432 g/mol. The zero-order valence-corrected chi connectivity index (χ0v) is 15.2. The Bertz CT molecular complexity index is 660. The summed E-state index contributed by atoms with van der Waals surface area (Å²) < 4.78 is 1.68. The van der Waals surface area contributed by atoms with Gasteiger partial charge in [-0.1, -0.05) is 34.2 Å². The standard InChI is InChI=1S/C13H14Br2N4OS/c1-2-5-17-13-19-11(16)10(21-13)12(20)18-9-6-7(14)3-4-8(9)15/h3-4,6H,2,5,16H2,1H3,(H,17,19)(H,18,20). The van der Waals surface area contributed by atoms with Gasteiger partial charge in [0.2, 0.25) is 0 Å². The summed E-state index contributed by atoms with van der Waals surface area (Å²) >= 11 is 8.02. The third-order valence-electron chi connectivity index (χ3n) is 2.56. The first-order valence-corrected chi connectivity index (χ1v) is 8.68. The predicted molar refractivity (Wildman–Crippen MR) is 95.1 cm³/mol. The van der Waals surface area contributed by atoms with Crippen molar-refractivity contribution in [3.05, 3.63) is 32.0 Å². The number of halogens is 2. The molecule has 0 saturated heterocycles. The summed E-state index contributed by atoms with van der Waals surface area (Å²) in [7, 11) is 0. The van der Waals surface area contributed by atoms with Gasteiger partial charge in [0.05, 0.1) is 5.69 Å². The lowest BCUT2D eigenvalue weighted by Gasteiger charge is -2.06. The summed E-state index contributed by atoms with van der Waals surface area (Å²) in [5.74, 6) is -0.0319. The van der Waals surface area contributed by atoms with E-state index in [1.165, 1.54) is 11.3 Å². The Morgan fingerprint density at radius 2 is 2.19 bits per heavy atom. The molecule has 2 aromatic rings. The molecule has 0 unspecified atom stereocenters. The molecule has 0 saturated carbocycles. The minimum Gasteiger partial charge on any atom is -0.382 e. The molecule has 0 aliphatic rings. The highest BCUT2D eigenvalue weighted by molar-refractivity contribution is 9.11. The van der Waals surface area contributed by atoms with Crippen molar-refractivity contribution >= 4 is 65.7 Å². The molecule has 0 bridgehead atoms. The maximum absolute atomic E-state index is 12.3. The minimum absolute atomic E-state index is 0.238. The molecule has 0 aliphatic heterocycles. The molecule has 5 nitrogen and oxygen atoms in total. The van der Waals surface area contributed by atoms with Crippen molar-refractivity contribution in [1.82, 2.24) is 4.98 Å². The minimum atomic E-state index is -0.270. The Kier molecular flexibility index (Phi) is 5.60. The van der Waals surface area contributed by atoms with Crippen LogP contribution >= 0.6 is 43.2 Å². The van der Waals surface area contributed by atoms with Gasteiger partial charge in [0.1, 0.15) is 10.7 Å². The third kappa shape index (κ3) is 4.18. The van der Waals surface area contributed by atoms with Gasteiger partial charge in [0.15, 0.2) is 5.13 Å². The number of hydrogen-bond acceptors (Lipinski definition) is 5. The molecule has 21 heavy (non-hydrogen) atoms. The quantitative estimate of drug-likeness (QED) is 0.655. The van der Waals surface area contributed by atoms with Crippen LogP contribution in [0, 0.1) is 0 Å². The van der Waals surface area contributed by atoms with Crippen LogP contribution in [0.25, 0.3) is 0 Å². The average Bonchev–Trinajstić information content (AvgIpc) is 2.82. The summed E-state index contributed by atoms with van der Waals surface area (Å²) in [5, 5.41) is 6.61. The number of nitrogens with one attached hydrogen (secondary N) is 2. The van der Waals surface area contributed by atoms with E-state index in [0.29, 0.717) is 15.7 Å². The number of carbonyl (C=O) groups excluding carboxylic acids is 1. The highest BCUT2D eigenvalue weighted by atomic mass is 79.9. The molecule has 0 fully saturated rings. The Hall–Kier alpha value is -1.12. The lowest BCUT2D eigenvalue weighted by Crippen LogP contribution is -2.12. The number of aromatic nitrogens is 1. The summed E-state index contributed by atoms with van der Waals surface area (Å²) in [5.41, 5.74) is 6.48. The Labute approximate surface area is 143 Å². The highest BCUT2D eigenvalue weighted by Crippen LogP contribution is 2.29. The van der Waals surface area contributed by atoms with E-state index in [0.717, 1.165) is 21.9 Å². The maximum atomic E-state index is 12.3. The lowest BCUT2D eigenvalue weighted by molar-refractivity contribution is 0.103. The van der Waals surface area contributed by atoms with Crippen LogP contribution in [0.5, 0.6) is 0 Å². The van der Waals surface area contributed by atoms with Gasteiger partial charge in [-0.15, -0.1) is 0 Å². The van der Waals surface area contributed by atoms with Gasteiger partial charge in [-0.05, 0) is 40.5 Å². The molecule has 0 atom stereocenters. The number of anilines is 3. The second kappa shape index (κ2) is 7.24. The number of nitrogen functional groups attached to an aromatic ring is 1. The van der Waals surface area contributed by atoms with Crippen LogP contribution in [0.1, 0.15) is 23.0 Å². The number of thiazole rings is 1. The van der Waals surface area contributed by atoms with Gasteiger partial charge in [-0.25, -0.2) is 4.98 Å². The van der Waals surface area contributed by atoms with Crippen molar-refractivity contribution in [2.45, 2.75) is 13.3 Å². The Morgan fingerprint density at radius 1 is 1.43 bits per heavy atom. The molecule has 1 aromatic carbocycles. The van der Waals surface area contributed by atoms with Gasteiger partial charge in [-0.2, -0.15) is 0 Å². The maximum Gasteiger partial charge on any atom is 0.269 e. The van der Waals surface area contributed by atoms with Crippen LogP contribution in [-0.4, -0.2) is 17.4 Å². The molecule has 1 aromatic heterocycles. The van der Waals surface area contributed by atoms with Crippen molar-refractivity contribution in [2.75, 3.05) is 22.9 Å².